The van der Waals surface area contributed by atoms with Crippen LogP contribution in [0.3, 0.4) is 0 Å². The number of halogens is 3. The molecular weight excluding hydrogens is 196 g/mol. The molecule has 1 saturated heterocycles. The lowest BCUT2D eigenvalue weighted by Crippen LogP contribution is -2.28. The van der Waals surface area contributed by atoms with E-state index in [1.165, 1.54) is 12.8 Å². The Balaban J connectivity index is 0.000000845. The van der Waals surface area contributed by atoms with Crippen LogP contribution in [0.2, 0.25) is 0 Å². The molecule has 0 aromatic heterocycles. The largest absolute Gasteiger partial charge is 0.308 e. The van der Waals surface area contributed by atoms with E-state index in [0.717, 1.165) is 12.8 Å². The fraction of sp³-hybridized carbons (Fsp3) is 1.00. The van der Waals surface area contributed by atoms with Crippen molar-refractivity contribution in [1.29, 1.82) is 0 Å². The molecule has 1 aliphatic carbocycles. The Morgan fingerprint density at radius 1 is 1.15 bits per heavy atom. The molecule has 1 atom stereocenters. The predicted octanol–water partition coefficient (Wildman–Crippen LogP) is 2.60. The van der Waals surface area contributed by atoms with E-state index in [4.69, 9.17) is 0 Å². The van der Waals surface area contributed by atoms with E-state index >= 15 is 0 Å². The lowest BCUT2D eigenvalue weighted by molar-refractivity contribution is 0.0193. The summed E-state index contributed by atoms with van der Waals surface area (Å²) in [5.74, 6) is -1.91. The van der Waals surface area contributed by atoms with Gasteiger partial charge in [0.15, 0.2) is 0 Å². The average Bonchev–Trinajstić information content (AvgIpc) is 2.55. The van der Waals surface area contributed by atoms with Crippen LogP contribution in [0.4, 0.5) is 8.78 Å². The zero-order valence-electron chi connectivity index (χ0n) is 7.56. The molecule has 1 saturated carbocycles. The molecule has 2 fully saturated rings. The van der Waals surface area contributed by atoms with E-state index in [1.54, 1.807) is 0 Å². The fourth-order valence-corrected chi connectivity index (χ4v) is 2.44. The van der Waals surface area contributed by atoms with Crippen LogP contribution in [0, 0.1) is 5.92 Å². The maximum atomic E-state index is 12.8. The molecule has 0 aromatic rings. The summed E-state index contributed by atoms with van der Waals surface area (Å²) < 4.78 is 25.6. The Hall–Kier alpha value is 0.110. The number of rotatable bonds is 1. The maximum absolute atomic E-state index is 12.8. The highest BCUT2D eigenvalue weighted by Crippen LogP contribution is 2.35. The Bertz CT molecular complexity index is 169. The Morgan fingerprint density at radius 3 is 2.23 bits per heavy atom. The van der Waals surface area contributed by atoms with Crippen LogP contribution in [0.1, 0.15) is 32.1 Å². The van der Waals surface area contributed by atoms with E-state index < -0.39 is 5.92 Å². The van der Waals surface area contributed by atoms with Gasteiger partial charge in [0, 0.05) is 12.5 Å². The summed E-state index contributed by atoms with van der Waals surface area (Å²) in [7, 11) is 0. The van der Waals surface area contributed by atoms with Gasteiger partial charge in [0.1, 0.15) is 0 Å². The molecule has 0 spiro atoms. The van der Waals surface area contributed by atoms with Crippen LogP contribution in [0.5, 0.6) is 0 Å². The van der Waals surface area contributed by atoms with Crippen molar-refractivity contribution in [2.75, 3.05) is 6.54 Å². The van der Waals surface area contributed by atoms with Gasteiger partial charge >= 0.3 is 0 Å². The summed E-state index contributed by atoms with van der Waals surface area (Å²) in [6, 6.07) is 0.0995. The molecule has 1 nitrogen and oxygen atoms in total. The average molecular weight is 212 g/mol. The Labute approximate surface area is 83.7 Å². The normalized spacial score (nSPS) is 33.2. The molecule has 2 rings (SSSR count). The summed E-state index contributed by atoms with van der Waals surface area (Å²) in [6.45, 7) is -0.103. The molecule has 1 N–H and O–H groups in total. The summed E-state index contributed by atoms with van der Waals surface area (Å²) in [4.78, 5) is 0. The van der Waals surface area contributed by atoms with E-state index in [9.17, 15) is 8.78 Å². The second kappa shape index (κ2) is 4.09. The summed E-state index contributed by atoms with van der Waals surface area (Å²) >= 11 is 0. The smallest absolute Gasteiger partial charge is 0.261 e. The third kappa shape index (κ3) is 2.53. The quantitative estimate of drug-likeness (QED) is 0.703. The number of nitrogens with one attached hydrogen (secondary N) is 1. The van der Waals surface area contributed by atoms with Crippen LogP contribution in [0.15, 0.2) is 0 Å². The molecule has 1 heterocycles. The fourth-order valence-electron chi connectivity index (χ4n) is 2.44. The zero-order chi connectivity index (χ0) is 8.60. The van der Waals surface area contributed by atoms with Crippen molar-refractivity contribution in [2.45, 2.75) is 44.1 Å². The Kier molecular flexibility index (Phi) is 3.52. The molecule has 1 aliphatic heterocycles. The lowest BCUT2D eigenvalue weighted by atomic mass is 9.96. The van der Waals surface area contributed by atoms with Crippen molar-refractivity contribution < 1.29 is 8.78 Å². The minimum atomic E-state index is -2.44. The van der Waals surface area contributed by atoms with Gasteiger partial charge in [-0.1, -0.05) is 12.8 Å². The van der Waals surface area contributed by atoms with Crippen LogP contribution in [0.25, 0.3) is 0 Å². The predicted molar refractivity (Wildman–Crippen MR) is 50.6 cm³/mol. The molecule has 13 heavy (non-hydrogen) atoms. The standard InChI is InChI=1S/C9H15F2N.ClH/c10-9(11)5-8(12-6-9)7-3-1-2-4-7;/h7-8,12H,1-6H2;1H. The molecule has 0 amide bonds. The first-order valence-corrected chi connectivity index (χ1v) is 4.79. The van der Waals surface area contributed by atoms with Gasteiger partial charge in [-0.2, -0.15) is 0 Å². The highest BCUT2D eigenvalue weighted by atomic mass is 35.5. The van der Waals surface area contributed by atoms with Crippen molar-refractivity contribution >= 4 is 12.4 Å². The molecule has 0 radical (unpaired) electrons. The summed E-state index contributed by atoms with van der Waals surface area (Å²) in [5, 5.41) is 2.94. The van der Waals surface area contributed by atoms with Crippen LogP contribution < -0.4 is 5.32 Å². The molecule has 1 unspecified atom stereocenters. The topological polar surface area (TPSA) is 12.0 Å². The SMILES string of the molecule is Cl.FC1(F)CNC(C2CCCC2)C1. The summed E-state index contributed by atoms with van der Waals surface area (Å²) in [5.41, 5.74) is 0. The first-order chi connectivity index (χ1) is 5.67. The molecule has 4 heteroatoms. The van der Waals surface area contributed by atoms with Crippen LogP contribution >= 0.6 is 12.4 Å². The van der Waals surface area contributed by atoms with E-state index in [1.807, 2.05) is 0 Å². The lowest BCUT2D eigenvalue weighted by Gasteiger charge is -2.17. The first-order valence-electron chi connectivity index (χ1n) is 4.79. The molecule has 78 valence electrons. The van der Waals surface area contributed by atoms with Gasteiger partial charge in [0.2, 0.25) is 0 Å². The summed E-state index contributed by atoms with van der Waals surface area (Å²) in [6.07, 6.45) is 4.82. The van der Waals surface area contributed by atoms with Gasteiger partial charge in [-0.15, -0.1) is 12.4 Å². The monoisotopic (exact) mass is 211 g/mol. The van der Waals surface area contributed by atoms with Gasteiger partial charge in [-0.05, 0) is 18.8 Å². The maximum Gasteiger partial charge on any atom is 0.261 e. The first kappa shape index (κ1) is 11.2. The van der Waals surface area contributed by atoms with Crippen molar-refractivity contribution in [2.24, 2.45) is 5.92 Å². The van der Waals surface area contributed by atoms with Crippen LogP contribution in [-0.4, -0.2) is 18.5 Å². The van der Waals surface area contributed by atoms with E-state index in [0.29, 0.717) is 5.92 Å². The number of hydrogen-bond acceptors (Lipinski definition) is 1. The van der Waals surface area contributed by atoms with Gasteiger partial charge in [-0.25, -0.2) is 8.78 Å². The van der Waals surface area contributed by atoms with Gasteiger partial charge < -0.3 is 5.32 Å². The van der Waals surface area contributed by atoms with Crippen molar-refractivity contribution in [3.8, 4) is 0 Å². The van der Waals surface area contributed by atoms with Gasteiger partial charge in [0.05, 0.1) is 6.54 Å². The molecule has 2 aliphatic rings. The highest BCUT2D eigenvalue weighted by molar-refractivity contribution is 5.85. The van der Waals surface area contributed by atoms with Gasteiger partial charge in [0.25, 0.3) is 5.92 Å². The Morgan fingerprint density at radius 2 is 1.77 bits per heavy atom. The minimum absolute atomic E-state index is 0. The second-order valence-electron chi connectivity index (χ2n) is 4.09. The van der Waals surface area contributed by atoms with Crippen molar-refractivity contribution in [3.05, 3.63) is 0 Å². The van der Waals surface area contributed by atoms with Crippen LogP contribution in [-0.2, 0) is 0 Å². The second-order valence-corrected chi connectivity index (χ2v) is 4.09. The highest BCUT2D eigenvalue weighted by Gasteiger charge is 2.42. The molecule has 0 bridgehead atoms. The molecule has 0 aromatic carbocycles. The third-order valence-corrected chi connectivity index (χ3v) is 3.11. The van der Waals surface area contributed by atoms with Gasteiger partial charge in [-0.3, -0.25) is 0 Å². The van der Waals surface area contributed by atoms with E-state index in [2.05, 4.69) is 5.32 Å². The molecular formula is C9H16ClF2N. The zero-order valence-corrected chi connectivity index (χ0v) is 8.38. The minimum Gasteiger partial charge on any atom is -0.308 e. The number of hydrogen-bond donors (Lipinski definition) is 1. The third-order valence-electron chi connectivity index (χ3n) is 3.11. The van der Waals surface area contributed by atoms with Crippen molar-refractivity contribution in [3.63, 3.8) is 0 Å². The van der Waals surface area contributed by atoms with E-state index in [-0.39, 0.29) is 31.4 Å². The van der Waals surface area contributed by atoms with Crippen molar-refractivity contribution in [1.82, 2.24) is 5.32 Å². The number of alkyl halides is 2.